The van der Waals surface area contributed by atoms with Crippen molar-refractivity contribution in [2.24, 2.45) is 11.8 Å². The predicted molar refractivity (Wildman–Crippen MR) is 157 cm³/mol. The first kappa shape index (κ1) is 26.9. The predicted octanol–water partition coefficient (Wildman–Crippen LogP) is 4.85. The zero-order valence-corrected chi connectivity index (χ0v) is 23.3. The number of aromatic nitrogens is 2. The van der Waals surface area contributed by atoms with E-state index in [0.29, 0.717) is 22.6 Å². The Kier molecular flexibility index (Phi) is 8.82. The number of hydrogen-bond donors (Lipinski definition) is 2. The zero-order valence-electron chi connectivity index (χ0n) is 21.7. The molecule has 2 aromatic carbocycles. The Morgan fingerprint density at radius 1 is 1.03 bits per heavy atom. The maximum atomic E-state index is 13.0. The monoisotopic (exact) mass is 553 g/mol. The highest BCUT2D eigenvalue weighted by Gasteiger charge is 2.27. The van der Waals surface area contributed by atoms with Crippen molar-refractivity contribution in [3.8, 4) is 0 Å². The summed E-state index contributed by atoms with van der Waals surface area (Å²) < 4.78 is 2.16. The van der Waals surface area contributed by atoms with E-state index in [9.17, 15) is 9.59 Å². The van der Waals surface area contributed by atoms with Gasteiger partial charge in [-0.25, -0.2) is 0 Å². The largest absolute Gasteiger partial charge is 0.369 e. The lowest BCUT2D eigenvalue weighted by Gasteiger charge is -2.36. The first-order valence-electron chi connectivity index (χ1n) is 13.7. The Bertz CT molecular complexity index is 1370. The zero-order chi connectivity index (χ0) is 26.5. The molecule has 0 spiro atoms. The quantitative estimate of drug-likeness (QED) is 0.308. The highest BCUT2D eigenvalue weighted by Crippen LogP contribution is 2.30. The second-order valence-corrected chi connectivity index (χ2v) is 11.4. The molecule has 1 saturated carbocycles. The fraction of sp³-hybridized carbons (Fsp3) is 0.483. The number of para-hydroxylation sites is 1. The van der Waals surface area contributed by atoms with Crippen LogP contribution in [0.25, 0.3) is 10.9 Å². The van der Waals surface area contributed by atoms with Gasteiger partial charge in [0.25, 0.3) is 5.56 Å². The smallest absolute Gasteiger partial charge is 0.262 e. The standard InChI is InChI=1S/C29H36ClN5O2S/c30-23-5-3-6-24(19-23)34-17-15-33(16-18-34)14-4-13-31-27(36)22-11-9-21(10-12-22)20-35-28(37)25-7-1-2-8-26(25)32-29(35)38/h1-3,5-8,19,21-22H,4,9-18,20H2,(H,31,36)(H,32,38). The Labute approximate surface area is 233 Å². The average molecular weight is 554 g/mol. The molecule has 5 rings (SSSR count). The molecule has 38 heavy (non-hydrogen) atoms. The number of nitrogens with one attached hydrogen (secondary N) is 2. The van der Waals surface area contributed by atoms with Crippen molar-refractivity contribution >= 4 is 46.3 Å². The summed E-state index contributed by atoms with van der Waals surface area (Å²) in [6.45, 7) is 6.35. The van der Waals surface area contributed by atoms with Gasteiger partial charge in [-0.15, -0.1) is 0 Å². The van der Waals surface area contributed by atoms with Crippen molar-refractivity contribution in [1.82, 2.24) is 19.8 Å². The molecular formula is C29H36ClN5O2S. The van der Waals surface area contributed by atoms with Crippen molar-refractivity contribution < 1.29 is 4.79 Å². The van der Waals surface area contributed by atoms with E-state index in [2.05, 4.69) is 26.2 Å². The highest BCUT2D eigenvalue weighted by atomic mass is 35.5. The van der Waals surface area contributed by atoms with Gasteiger partial charge in [-0.2, -0.15) is 0 Å². The van der Waals surface area contributed by atoms with Gasteiger partial charge in [-0.1, -0.05) is 29.8 Å². The Morgan fingerprint density at radius 2 is 1.79 bits per heavy atom. The number of piperazine rings is 1. The molecule has 0 unspecified atom stereocenters. The molecule has 2 fully saturated rings. The summed E-state index contributed by atoms with van der Waals surface area (Å²) in [5.41, 5.74) is 1.93. The maximum absolute atomic E-state index is 13.0. The SMILES string of the molecule is O=C(NCCCN1CCN(c2cccc(Cl)c2)CC1)C1CCC(Cn2c(=S)[nH]c3ccccc3c2=O)CC1. The van der Waals surface area contributed by atoms with Crippen LogP contribution in [0.5, 0.6) is 0 Å². The van der Waals surface area contributed by atoms with Gasteiger partial charge in [-0.05, 0) is 87.1 Å². The van der Waals surface area contributed by atoms with Gasteiger partial charge in [0.15, 0.2) is 4.77 Å². The van der Waals surface area contributed by atoms with Crippen LogP contribution in [0, 0.1) is 16.6 Å². The Hall–Kier alpha value is -2.68. The van der Waals surface area contributed by atoms with Crippen molar-refractivity contribution in [2.45, 2.75) is 38.6 Å². The second-order valence-electron chi connectivity index (χ2n) is 10.6. The minimum absolute atomic E-state index is 0.0323. The number of carbonyl (C=O) groups excluding carboxylic acids is 1. The van der Waals surface area contributed by atoms with E-state index in [-0.39, 0.29) is 17.4 Å². The third-order valence-electron chi connectivity index (χ3n) is 8.04. The van der Waals surface area contributed by atoms with Gasteiger partial charge >= 0.3 is 0 Å². The van der Waals surface area contributed by atoms with Crippen LogP contribution in [-0.4, -0.2) is 59.6 Å². The molecule has 1 amide bonds. The molecule has 1 aliphatic carbocycles. The van der Waals surface area contributed by atoms with Crippen LogP contribution in [0.1, 0.15) is 32.1 Å². The number of carbonyl (C=O) groups is 1. The van der Waals surface area contributed by atoms with Gasteiger partial charge < -0.3 is 15.2 Å². The summed E-state index contributed by atoms with van der Waals surface area (Å²) >= 11 is 11.6. The maximum Gasteiger partial charge on any atom is 0.262 e. The van der Waals surface area contributed by atoms with Crippen LogP contribution >= 0.6 is 23.8 Å². The number of benzene rings is 2. The van der Waals surface area contributed by atoms with Crippen LogP contribution in [0.4, 0.5) is 5.69 Å². The number of aromatic amines is 1. The van der Waals surface area contributed by atoms with E-state index >= 15 is 0 Å². The molecular weight excluding hydrogens is 518 g/mol. The first-order chi connectivity index (χ1) is 18.5. The van der Waals surface area contributed by atoms with Crippen LogP contribution in [0.15, 0.2) is 53.3 Å². The third-order valence-corrected chi connectivity index (χ3v) is 8.60. The molecule has 1 aliphatic heterocycles. The Morgan fingerprint density at radius 3 is 2.55 bits per heavy atom. The highest BCUT2D eigenvalue weighted by molar-refractivity contribution is 7.71. The fourth-order valence-corrected chi connectivity index (χ4v) is 6.24. The molecule has 0 atom stereocenters. The fourth-order valence-electron chi connectivity index (χ4n) is 5.79. The van der Waals surface area contributed by atoms with E-state index in [1.807, 2.05) is 42.5 Å². The van der Waals surface area contributed by atoms with Crippen molar-refractivity contribution in [3.63, 3.8) is 0 Å². The minimum Gasteiger partial charge on any atom is -0.369 e. The molecule has 1 aromatic heterocycles. The van der Waals surface area contributed by atoms with Gasteiger partial charge in [-0.3, -0.25) is 19.1 Å². The molecule has 1 saturated heterocycles. The lowest BCUT2D eigenvalue weighted by Crippen LogP contribution is -2.47. The molecule has 2 N–H and O–H groups in total. The molecule has 9 heteroatoms. The summed E-state index contributed by atoms with van der Waals surface area (Å²) in [6, 6.07) is 15.5. The van der Waals surface area contributed by atoms with Gasteiger partial charge in [0.1, 0.15) is 0 Å². The molecule has 7 nitrogen and oxygen atoms in total. The number of halogens is 1. The Balaban J connectivity index is 1.01. The first-order valence-corrected chi connectivity index (χ1v) is 14.5. The average Bonchev–Trinajstić information content (AvgIpc) is 2.94. The summed E-state index contributed by atoms with van der Waals surface area (Å²) in [5, 5.41) is 4.61. The summed E-state index contributed by atoms with van der Waals surface area (Å²) in [5.74, 6) is 0.600. The second kappa shape index (κ2) is 12.5. The van der Waals surface area contributed by atoms with E-state index in [0.717, 1.165) is 81.9 Å². The van der Waals surface area contributed by atoms with Crippen molar-refractivity contribution in [2.75, 3.05) is 44.2 Å². The van der Waals surface area contributed by atoms with E-state index < -0.39 is 0 Å². The number of anilines is 1. The number of hydrogen-bond acceptors (Lipinski definition) is 5. The van der Waals surface area contributed by atoms with Gasteiger partial charge in [0, 0.05) is 55.9 Å². The third kappa shape index (κ3) is 6.47. The number of amides is 1. The van der Waals surface area contributed by atoms with E-state index in [4.69, 9.17) is 23.8 Å². The van der Waals surface area contributed by atoms with E-state index in [1.165, 1.54) is 5.69 Å². The lowest BCUT2D eigenvalue weighted by molar-refractivity contribution is -0.126. The molecule has 0 radical (unpaired) electrons. The number of rotatable bonds is 8. The van der Waals surface area contributed by atoms with Crippen LogP contribution in [-0.2, 0) is 11.3 Å². The van der Waals surface area contributed by atoms with Crippen molar-refractivity contribution in [3.05, 3.63) is 68.7 Å². The molecule has 0 bridgehead atoms. The molecule has 2 heterocycles. The topological polar surface area (TPSA) is 73.4 Å². The number of H-pyrrole nitrogens is 1. The van der Waals surface area contributed by atoms with Crippen molar-refractivity contribution in [1.29, 1.82) is 0 Å². The summed E-state index contributed by atoms with van der Waals surface area (Å²) in [6.07, 6.45) is 4.55. The summed E-state index contributed by atoms with van der Waals surface area (Å²) in [4.78, 5) is 33.8. The number of nitrogens with zero attached hydrogens (tertiary/aromatic N) is 3. The van der Waals surface area contributed by atoms with Crippen LogP contribution in [0.3, 0.4) is 0 Å². The summed E-state index contributed by atoms with van der Waals surface area (Å²) in [7, 11) is 0. The molecule has 2 aliphatic rings. The van der Waals surface area contributed by atoms with Gasteiger partial charge in [0.2, 0.25) is 5.91 Å². The molecule has 3 aromatic rings. The van der Waals surface area contributed by atoms with E-state index in [1.54, 1.807) is 4.57 Å². The van der Waals surface area contributed by atoms with Gasteiger partial charge in [0.05, 0.1) is 10.9 Å². The number of fused-ring (bicyclic) bond motifs is 1. The lowest BCUT2D eigenvalue weighted by atomic mass is 9.81. The normalized spacial score (nSPS) is 20.5. The van der Waals surface area contributed by atoms with Crippen LogP contribution < -0.4 is 15.8 Å². The minimum atomic E-state index is -0.0323. The molecule has 202 valence electrons. The van der Waals surface area contributed by atoms with Crippen LogP contribution in [0.2, 0.25) is 5.02 Å².